The second kappa shape index (κ2) is 5.32. The first-order chi connectivity index (χ1) is 7.92. The Hall–Kier alpha value is -1.82. The molecule has 0 aliphatic heterocycles. The summed E-state index contributed by atoms with van der Waals surface area (Å²) >= 11 is 0. The van der Waals surface area contributed by atoms with E-state index in [1.807, 2.05) is 6.92 Å². The predicted molar refractivity (Wildman–Crippen MR) is 72.4 cm³/mol. The molecule has 0 heteroatoms. The van der Waals surface area contributed by atoms with Gasteiger partial charge in [0.05, 0.1) is 0 Å². The molecule has 0 aromatic heterocycles. The molecular weight excluding hydrogens is 192 g/mol. The summed E-state index contributed by atoms with van der Waals surface area (Å²) in [6.45, 7) is 2.05. The molecule has 0 fully saturated rings. The van der Waals surface area contributed by atoms with E-state index in [-0.39, 0.29) is 0 Å². The average Bonchev–Trinajstić information content (AvgIpc) is 2.35. The van der Waals surface area contributed by atoms with Crippen molar-refractivity contribution < 1.29 is 0 Å². The van der Waals surface area contributed by atoms with E-state index >= 15 is 0 Å². The van der Waals surface area contributed by atoms with Crippen LogP contribution in [-0.4, -0.2) is 0 Å². The molecule has 0 spiro atoms. The summed E-state index contributed by atoms with van der Waals surface area (Å²) in [7, 11) is 0. The van der Waals surface area contributed by atoms with Crippen LogP contribution < -0.4 is 0 Å². The van der Waals surface area contributed by atoms with Crippen LogP contribution in [0.5, 0.6) is 0 Å². The highest BCUT2D eigenvalue weighted by atomic mass is 14.0. The van der Waals surface area contributed by atoms with Crippen LogP contribution in [0.15, 0.2) is 60.7 Å². The molecule has 2 aromatic rings. The van der Waals surface area contributed by atoms with Crippen LogP contribution in [0.2, 0.25) is 0 Å². The van der Waals surface area contributed by atoms with E-state index in [1.165, 1.54) is 16.3 Å². The molecule has 2 rings (SSSR count). The molecule has 80 valence electrons. The van der Waals surface area contributed by atoms with Gasteiger partial charge in [-0.05, 0) is 29.7 Å². The molecule has 0 amide bonds. The largest absolute Gasteiger partial charge is 0.0914 e. The molecule has 0 aliphatic carbocycles. The molecule has 0 aliphatic rings. The van der Waals surface area contributed by atoms with Crippen LogP contribution in [-0.2, 0) is 0 Å². The molecule has 0 nitrogen and oxygen atoms in total. The van der Waals surface area contributed by atoms with Crippen molar-refractivity contribution in [2.75, 3.05) is 0 Å². The summed E-state index contributed by atoms with van der Waals surface area (Å²) in [5.74, 6) is 0. The number of benzene rings is 2. The monoisotopic (exact) mass is 208 g/mol. The molecule has 0 N–H and O–H groups in total. The maximum atomic E-state index is 2.20. The Morgan fingerprint density at radius 3 is 2.62 bits per heavy atom. The molecule has 0 heterocycles. The molecule has 0 saturated carbocycles. The molecule has 0 unspecified atom stereocenters. The molecule has 0 bridgehead atoms. The van der Waals surface area contributed by atoms with Crippen molar-refractivity contribution >= 4 is 16.8 Å². The van der Waals surface area contributed by atoms with Gasteiger partial charge in [0.15, 0.2) is 0 Å². The highest BCUT2D eigenvalue weighted by Gasteiger charge is 1.95. The highest BCUT2D eigenvalue weighted by molar-refractivity contribution is 5.90. The smallest absolute Gasteiger partial charge is 0.0112 e. The van der Waals surface area contributed by atoms with E-state index in [0.717, 1.165) is 6.42 Å². The molecule has 0 atom stereocenters. The van der Waals surface area contributed by atoms with Gasteiger partial charge < -0.3 is 0 Å². The quantitative estimate of drug-likeness (QED) is 0.634. The zero-order chi connectivity index (χ0) is 11.2. The maximum Gasteiger partial charge on any atom is -0.0112 e. The lowest BCUT2D eigenvalue weighted by molar-refractivity contribution is 1.39. The fraction of sp³-hybridized carbons (Fsp3) is 0.125. The van der Waals surface area contributed by atoms with Crippen molar-refractivity contribution in [3.63, 3.8) is 0 Å². The van der Waals surface area contributed by atoms with Gasteiger partial charge in [0.1, 0.15) is 0 Å². The van der Waals surface area contributed by atoms with Gasteiger partial charge in [0, 0.05) is 0 Å². The normalized spacial score (nSPS) is 11.8. The van der Waals surface area contributed by atoms with Crippen molar-refractivity contribution in [3.05, 3.63) is 66.3 Å². The molecule has 16 heavy (non-hydrogen) atoms. The van der Waals surface area contributed by atoms with Crippen LogP contribution in [0.25, 0.3) is 16.8 Å². The van der Waals surface area contributed by atoms with Crippen LogP contribution in [0, 0.1) is 0 Å². The lowest BCUT2D eigenvalue weighted by Gasteiger charge is -2.01. The standard InChI is InChI=1S/C16H16/c1-2-3-4-5-9-14-11-8-12-15-10-6-7-13-16(14)15/h2-3,5-13H,4H2,1H3/b3-2-,9-5+. The number of hydrogen-bond donors (Lipinski definition) is 0. The van der Waals surface area contributed by atoms with E-state index in [0.29, 0.717) is 0 Å². The second-order valence-electron chi connectivity index (χ2n) is 3.78. The van der Waals surface area contributed by atoms with E-state index in [9.17, 15) is 0 Å². The highest BCUT2D eigenvalue weighted by Crippen LogP contribution is 2.19. The Morgan fingerprint density at radius 1 is 0.938 bits per heavy atom. The van der Waals surface area contributed by atoms with Gasteiger partial charge in [-0.15, -0.1) is 0 Å². The van der Waals surface area contributed by atoms with Gasteiger partial charge in [0.25, 0.3) is 0 Å². The van der Waals surface area contributed by atoms with Crippen LogP contribution in [0.3, 0.4) is 0 Å². The van der Waals surface area contributed by atoms with Gasteiger partial charge in [-0.2, -0.15) is 0 Å². The zero-order valence-corrected chi connectivity index (χ0v) is 9.56. The van der Waals surface area contributed by atoms with Crippen molar-refractivity contribution in [2.24, 2.45) is 0 Å². The Morgan fingerprint density at radius 2 is 1.75 bits per heavy atom. The average molecular weight is 208 g/mol. The Kier molecular flexibility index (Phi) is 3.55. The minimum atomic E-state index is 1.000. The lowest BCUT2D eigenvalue weighted by atomic mass is 10.0. The Balaban J connectivity index is 2.33. The van der Waals surface area contributed by atoms with E-state index < -0.39 is 0 Å². The van der Waals surface area contributed by atoms with Crippen molar-refractivity contribution in [2.45, 2.75) is 13.3 Å². The molecule has 0 saturated heterocycles. The van der Waals surface area contributed by atoms with E-state index in [4.69, 9.17) is 0 Å². The third kappa shape index (κ3) is 2.40. The van der Waals surface area contributed by atoms with Gasteiger partial charge in [0.2, 0.25) is 0 Å². The summed E-state index contributed by atoms with van der Waals surface area (Å²) in [5.41, 5.74) is 1.29. The SMILES string of the molecule is C/C=C\C/C=C/c1cccc2ccccc12. The van der Waals surface area contributed by atoms with Gasteiger partial charge in [-0.25, -0.2) is 0 Å². The first-order valence-electron chi connectivity index (χ1n) is 5.67. The third-order valence-electron chi connectivity index (χ3n) is 2.63. The predicted octanol–water partition coefficient (Wildman–Crippen LogP) is 4.82. The van der Waals surface area contributed by atoms with Gasteiger partial charge in [-0.3, -0.25) is 0 Å². The Labute approximate surface area is 96.9 Å². The fourth-order valence-electron chi connectivity index (χ4n) is 1.81. The number of fused-ring (bicyclic) bond motifs is 1. The minimum absolute atomic E-state index is 1.000. The number of hydrogen-bond acceptors (Lipinski definition) is 0. The first kappa shape index (κ1) is 10.7. The van der Waals surface area contributed by atoms with Crippen LogP contribution >= 0.6 is 0 Å². The molecular formula is C16H16. The third-order valence-corrected chi connectivity index (χ3v) is 2.63. The fourth-order valence-corrected chi connectivity index (χ4v) is 1.81. The van der Waals surface area contributed by atoms with E-state index in [2.05, 4.69) is 66.8 Å². The van der Waals surface area contributed by atoms with Crippen molar-refractivity contribution in [1.82, 2.24) is 0 Å². The summed E-state index contributed by atoms with van der Waals surface area (Å²) < 4.78 is 0. The van der Waals surface area contributed by atoms with Crippen molar-refractivity contribution in [3.8, 4) is 0 Å². The van der Waals surface area contributed by atoms with Crippen LogP contribution in [0.4, 0.5) is 0 Å². The summed E-state index contributed by atoms with van der Waals surface area (Å²) in [5, 5.41) is 2.62. The maximum absolute atomic E-state index is 2.20. The van der Waals surface area contributed by atoms with Crippen LogP contribution in [0.1, 0.15) is 18.9 Å². The van der Waals surface area contributed by atoms with Gasteiger partial charge >= 0.3 is 0 Å². The Bertz CT molecular complexity index is 513. The minimum Gasteiger partial charge on any atom is -0.0914 e. The summed E-state index contributed by atoms with van der Waals surface area (Å²) in [4.78, 5) is 0. The molecule has 2 aromatic carbocycles. The number of rotatable bonds is 3. The van der Waals surface area contributed by atoms with Gasteiger partial charge in [-0.1, -0.05) is 66.8 Å². The second-order valence-corrected chi connectivity index (χ2v) is 3.78. The molecule has 0 radical (unpaired) electrons. The summed E-state index contributed by atoms with van der Waals surface area (Å²) in [6.07, 6.45) is 9.62. The first-order valence-corrected chi connectivity index (χ1v) is 5.67. The lowest BCUT2D eigenvalue weighted by Crippen LogP contribution is -1.76. The van der Waals surface area contributed by atoms with Crippen molar-refractivity contribution in [1.29, 1.82) is 0 Å². The zero-order valence-electron chi connectivity index (χ0n) is 9.56. The topological polar surface area (TPSA) is 0 Å². The number of allylic oxidation sites excluding steroid dienone is 3. The summed E-state index contributed by atoms with van der Waals surface area (Å²) in [6, 6.07) is 14.9. The van der Waals surface area contributed by atoms with E-state index in [1.54, 1.807) is 0 Å².